The zero-order valence-electron chi connectivity index (χ0n) is 13.5. The predicted octanol–water partition coefficient (Wildman–Crippen LogP) is 2.88. The Hall–Kier alpha value is -2.73. The van der Waals surface area contributed by atoms with E-state index in [0.717, 1.165) is 11.1 Å². The van der Waals surface area contributed by atoms with E-state index < -0.39 is 5.91 Å². The van der Waals surface area contributed by atoms with Gasteiger partial charge in [0.1, 0.15) is 0 Å². The fraction of sp³-hybridized carbons (Fsp3) is 0.105. The van der Waals surface area contributed by atoms with Gasteiger partial charge in [-0.15, -0.1) is 0 Å². The topological polar surface area (TPSA) is 70.6 Å². The molecule has 0 aliphatic carbocycles. The van der Waals surface area contributed by atoms with E-state index in [2.05, 4.69) is 31.8 Å². The van der Waals surface area contributed by atoms with Crippen LogP contribution in [0.25, 0.3) is 6.08 Å². The second-order valence-corrected chi connectivity index (χ2v) is 6.09. The first-order valence-corrected chi connectivity index (χ1v) is 8.47. The number of benzene rings is 2. The average Bonchev–Trinajstić information content (AvgIpc) is 2.62. The maximum absolute atomic E-state index is 11.8. The number of halogens is 1. The highest BCUT2D eigenvalue weighted by Gasteiger charge is 2.05. The van der Waals surface area contributed by atoms with E-state index in [-0.39, 0.29) is 18.9 Å². The van der Waals surface area contributed by atoms with Gasteiger partial charge in [-0.25, -0.2) is 5.43 Å². The van der Waals surface area contributed by atoms with Crippen LogP contribution in [-0.2, 0) is 16.0 Å². The van der Waals surface area contributed by atoms with Crippen molar-refractivity contribution in [3.63, 3.8) is 0 Å². The maximum Gasteiger partial charge on any atom is 0.259 e. The van der Waals surface area contributed by atoms with E-state index >= 15 is 0 Å². The van der Waals surface area contributed by atoms with Gasteiger partial charge in [0, 0.05) is 4.48 Å². The smallest absolute Gasteiger partial charge is 0.259 e. The Morgan fingerprint density at radius 2 is 1.60 bits per heavy atom. The van der Waals surface area contributed by atoms with E-state index in [9.17, 15) is 9.59 Å². The summed E-state index contributed by atoms with van der Waals surface area (Å²) in [4.78, 5) is 23.4. The fourth-order valence-corrected chi connectivity index (χ4v) is 2.34. The average molecular weight is 400 g/mol. The van der Waals surface area contributed by atoms with Gasteiger partial charge in [-0.2, -0.15) is 5.10 Å². The number of hydrogen-bond donors (Lipinski definition) is 2. The van der Waals surface area contributed by atoms with Gasteiger partial charge in [0.2, 0.25) is 5.91 Å². The SMILES string of the molecule is O=C(Cc1ccccc1)NCC(=O)NN=CC(Br)=Cc1ccccc1. The van der Waals surface area contributed by atoms with E-state index in [1.165, 1.54) is 6.21 Å². The van der Waals surface area contributed by atoms with E-state index in [1.807, 2.05) is 66.7 Å². The first-order valence-electron chi connectivity index (χ1n) is 7.68. The molecule has 2 amide bonds. The minimum absolute atomic E-state index is 0.122. The van der Waals surface area contributed by atoms with Gasteiger partial charge in [0.15, 0.2) is 0 Å². The predicted molar refractivity (Wildman–Crippen MR) is 103 cm³/mol. The summed E-state index contributed by atoms with van der Waals surface area (Å²) >= 11 is 3.35. The summed E-state index contributed by atoms with van der Waals surface area (Å²) in [6, 6.07) is 19.1. The molecule has 5 nitrogen and oxygen atoms in total. The summed E-state index contributed by atoms with van der Waals surface area (Å²) in [5, 5.41) is 6.40. The lowest BCUT2D eigenvalue weighted by Crippen LogP contribution is -2.35. The minimum Gasteiger partial charge on any atom is -0.347 e. The minimum atomic E-state index is -0.391. The lowest BCUT2D eigenvalue weighted by atomic mass is 10.1. The van der Waals surface area contributed by atoms with Crippen molar-refractivity contribution < 1.29 is 9.59 Å². The molecule has 0 saturated heterocycles. The maximum atomic E-state index is 11.8. The van der Waals surface area contributed by atoms with Crippen molar-refractivity contribution in [1.29, 1.82) is 0 Å². The number of nitrogens with zero attached hydrogens (tertiary/aromatic N) is 1. The molecule has 25 heavy (non-hydrogen) atoms. The second-order valence-electron chi connectivity index (χ2n) is 5.17. The second kappa shape index (κ2) is 10.2. The zero-order chi connectivity index (χ0) is 17.9. The van der Waals surface area contributed by atoms with Crippen LogP contribution in [0.2, 0.25) is 0 Å². The van der Waals surface area contributed by atoms with Gasteiger partial charge in [-0.3, -0.25) is 9.59 Å². The van der Waals surface area contributed by atoms with Crippen molar-refractivity contribution in [3.8, 4) is 0 Å². The van der Waals surface area contributed by atoms with Gasteiger partial charge >= 0.3 is 0 Å². The van der Waals surface area contributed by atoms with Crippen LogP contribution in [0.15, 0.2) is 70.2 Å². The Bertz CT molecular complexity index is 759. The summed E-state index contributed by atoms with van der Waals surface area (Å²) in [5.74, 6) is -0.604. The molecular weight excluding hydrogens is 382 g/mol. The number of carbonyl (C=O) groups excluding carboxylic acids is 2. The van der Waals surface area contributed by atoms with Crippen LogP contribution in [0.1, 0.15) is 11.1 Å². The molecule has 0 radical (unpaired) electrons. The third-order valence-corrected chi connectivity index (χ3v) is 3.57. The van der Waals surface area contributed by atoms with Crippen molar-refractivity contribution in [2.24, 2.45) is 5.10 Å². The molecule has 128 valence electrons. The Kier molecular flexibility index (Phi) is 7.59. The van der Waals surface area contributed by atoms with Crippen LogP contribution < -0.4 is 10.7 Å². The molecule has 2 N–H and O–H groups in total. The largest absolute Gasteiger partial charge is 0.347 e. The molecular formula is C19H18BrN3O2. The quantitative estimate of drug-likeness (QED) is 0.554. The monoisotopic (exact) mass is 399 g/mol. The van der Waals surface area contributed by atoms with Gasteiger partial charge in [-0.1, -0.05) is 60.7 Å². The van der Waals surface area contributed by atoms with E-state index in [0.29, 0.717) is 4.48 Å². The molecule has 0 aliphatic heterocycles. The van der Waals surface area contributed by atoms with Crippen LogP contribution in [0.4, 0.5) is 0 Å². The standard InChI is InChI=1S/C19H18BrN3O2/c20-17(11-15-7-3-1-4-8-15)13-22-23-19(25)14-21-18(24)12-16-9-5-2-6-10-16/h1-11,13H,12,14H2,(H,21,24)(H,23,25). The van der Waals surface area contributed by atoms with Gasteiger partial charge in [0.25, 0.3) is 5.91 Å². The molecule has 2 aromatic rings. The highest BCUT2D eigenvalue weighted by atomic mass is 79.9. The lowest BCUT2D eigenvalue weighted by molar-refractivity contribution is -0.125. The Labute approximate surface area is 155 Å². The zero-order valence-corrected chi connectivity index (χ0v) is 15.1. The van der Waals surface area contributed by atoms with Crippen molar-refractivity contribution in [2.45, 2.75) is 6.42 Å². The van der Waals surface area contributed by atoms with Crippen LogP contribution >= 0.6 is 15.9 Å². The number of rotatable bonds is 7. The van der Waals surface area contributed by atoms with Gasteiger partial charge in [0.05, 0.1) is 19.2 Å². The number of nitrogens with one attached hydrogen (secondary N) is 2. The van der Waals surface area contributed by atoms with E-state index in [4.69, 9.17) is 0 Å². The highest BCUT2D eigenvalue weighted by Crippen LogP contribution is 2.09. The molecule has 6 heteroatoms. The third-order valence-electron chi connectivity index (χ3n) is 3.13. The van der Waals surface area contributed by atoms with Crippen molar-refractivity contribution in [1.82, 2.24) is 10.7 Å². The number of carbonyl (C=O) groups is 2. The number of allylic oxidation sites excluding steroid dienone is 1. The lowest BCUT2D eigenvalue weighted by Gasteiger charge is -2.04. The van der Waals surface area contributed by atoms with Crippen LogP contribution in [0.5, 0.6) is 0 Å². The van der Waals surface area contributed by atoms with Crippen LogP contribution in [0, 0.1) is 0 Å². The van der Waals surface area contributed by atoms with E-state index in [1.54, 1.807) is 0 Å². The number of hydrogen-bond acceptors (Lipinski definition) is 3. The molecule has 0 aromatic heterocycles. The first kappa shape index (κ1) is 18.6. The summed E-state index contributed by atoms with van der Waals surface area (Å²) < 4.78 is 0.715. The number of amides is 2. The summed E-state index contributed by atoms with van der Waals surface area (Å²) in [5.41, 5.74) is 4.27. The Morgan fingerprint density at radius 3 is 2.28 bits per heavy atom. The van der Waals surface area contributed by atoms with Crippen molar-refractivity contribution in [3.05, 3.63) is 76.3 Å². The van der Waals surface area contributed by atoms with Gasteiger partial charge in [-0.05, 0) is 33.1 Å². The Morgan fingerprint density at radius 1 is 0.960 bits per heavy atom. The molecule has 0 atom stereocenters. The molecule has 0 fully saturated rings. The Balaban J connectivity index is 1.71. The molecule has 0 aliphatic rings. The summed E-state index contributed by atoms with van der Waals surface area (Å²) in [6.07, 6.45) is 3.59. The molecule has 2 aromatic carbocycles. The third kappa shape index (κ3) is 7.58. The van der Waals surface area contributed by atoms with Crippen molar-refractivity contribution in [2.75, 3.05) is 6.54 Å². The fourth-order valence-electron chi connectivity index (χ4n) is 1.97. The van der Waals surface area contributed by atoms with Gasteiger partial charge < -0.3 is 5.32 Å². The van der Waals surface area contributed by atoms with Crippen LogP contribution in [0.3, 0.4) is 0 Å². The van der Waals surface area contributed by atoms with Crippen molar-refractivity contribution >= 4 is 40.0 Å². The molecule has 0 heterocycles. The normalized spacial score (nSPS) is 11.3. The summed E-state index contributed by atoms with van der Waals surface area (Å²) in [7, 11) is 0. The van der Waals surface area contributed by atoms with Crippen LogP contribution in [-0.4, -0.2) is 24.6 Å². The molecule has 2 rings (SSSR count). The molecule has 0 unspecified atom stereocenters. The molecule has 0 bridgehead atoms. The first-order chi connectivity index (χ1) is 12.1. The molecule has 0 spiro atoms. The molecule has 0 saturated carbocycles. The summed E-state index contributed by atoms with van der Waals surface area (Å²) in [6.45, 7) is -0.122. The highest BCUT2D eigenvalue weighted by molar-refractivity contribution is 9.12. The number of hydrazone groups is 1.